The Bertz CT molecular complexity index is 1530. The van der Waals surface area contributed by atoms with E-state index in [1.165, 1.54) is 20.5 Å². The van der Waals surface area contributed by atoms with Crippen LogP contribution in [-0.4, -0.2) is 45.4 Å². The summed E-state index contributed by atoms with van der Waals surface area (Å²) in [6.45, 7) is 5.10. The number of rotatable bonds is 7. The first-order valence-electron chi connectivity index (χ1n) is 13.2. The molecule has 2 aromatic carbocycles. The molecule has 5 rings (SSSR count). The van der Waals surface area contributed by atoms with Gasteiger partial charge in [-0.05, 0) is 115 Å². The Labute approximate surface area is 232 Å². The minimum atomic E-state index is -0.679. The van der Waals surface area contributed by atoms with Gasteiger partial charge in [-0.1, -0.05) is 12.1 Å². The fourth-order valence-corrected chi connectivity index (χ4v) is 5.99. The molecule has 0 radical (unpaired) electrons. The molecule has 0 unspecified atom stereocenters. The van der Waals surface area contributed by atoms with E-state index in [9.17, 15) is 14.7 Å². The fraction of sp³-hybridized carbons (Fsp3) is 0.281. The van der Waals surface area contributed by atoms with Crippen LogP contribution in [0.25, 0.3) is 27.3 Å². The molecule has 1 aliphatic heterocycles. The van der Waals surface area contributed by atoms with Crippen molar-refractivity contribution < 1.29 is 14.7 Å². The van der Waals surface area contributed by atoms with Gasteiger partial charge in [-0.25, -0.2) is 4.98 Å². The Balaban J connectivity index is 1.24. The number of carbonyl (C=O) groups is 2. The maximum absolute atomic E-state index is 12.9. The van der Waals surface area contributed by atoms with Crippen LogP contribution in [0.5, 0.6) is 0 Å². The zero-order valence-corrected chi connectivity index (χ0v) is 23.1. The minimum Gasteiger partial charge on any atom is -0.390 e. The standard InChI is InChI=1S/C32H33N3O3S/c1-21-17-25(23-5-7-24(8-6-23)31(37)35-15-13-32(2,38)14-16-35)18-26-19-28(39-30(21)26)11-10-27(36)9-3-22-4-12-29(33)34-20-22/h3-9,12,17-20,38H,10-11,13-16H2,1-2H3,(H2,33,34)/b9-3+. The lowest BCUT2D eigenvalue weighted by atomic mass is 9.93. The molecule has 2 aromatic heterocycles. The first-order valence-corrected chi connectivity index (χ1v) is 14.1. The summed E-state index contributed by atoms with van der Waals surface area (Å²) in [7, 11) is 0. The van der Waals surface area contributed by atoms with Gasteiger partial charge < -0.3 is 15.7 Å². The molecule has 1 fully saturated rings. The molecular weight excluding hydrogens is 506 g/mol. The largest absolute Gasteiger partial charge is 0.390 e. The molecule has 6 nitrogen and oxygen atoms in total. The van der Waals surface area contributed by atoms with E-state index in [2.05, 4.69) is 30.1 Å². The number of nitrogen functional groups attached to an aromatic ring is 1. The second kappa shape index (κ2) is 11.1. The summed E-state index contributed by atoms with van der Waals surface area (Å²) in [5.41, 5.74) is 9.80. The molecule has 0 atom stereocenters. The number of aryl methyl sites for hydroxylation is 2. The number of allylic oxidation sites excluding steroid dienone is 1. The van der Waals surface area contributed by atoms with Gasteiger partial charge in [0.2, 0.25) is 0 Å². The summed E-state index contributed by atoms with van der Waals surface area (Å²) < 4.78 is 1.23. The summed E-state index contributed by atoms with van der Waals surface area (Å²) in [6, 6.07) is 17.9. The fourth-order valence-electron chi connectivity index (χ4n) is 4.89. The first-order chi connectivity index (χ1) is 18.7. The SMILES string of the molecule is Cc1cc(-c2ccc(C(=O)N3CCC(C)(O)CC3)cc2)cc2cc(CCC(=O)/C=C/c3ccc(N)nc3)sc12. The second-order valence-corrected chi connectivity index (χ2v) is 11.7. The van der Waals surface area contributed by atoms with E-state index in [1.54, 1.807) is 35.8 Å². The molecule has 200 valence electrons. The second-order valence-electron chi connectivity index (χ2n) is 10.6. The number of nitrogens with two attached hydrogens (primary N) is 1. The number of amides is 1. The van der Waals surface area contributed by atoms with Crippen molar-refractivity contribution in [1.82, 2.24) is 9.88 Å². The number of benzene rings is 2. The quantitative estimate of drug-likeness (QED) is 0.279. The predicted octanol–water partition coefficient (Wildman–Crippen LogP) is 6.06. The third-order valence-corrected chi connectivity index (χ3v) is 8.68. The number of carbonyl (C=O) groups excluding carboxylic acids is 2. The van der Waals surface area contributed by atoms with E-state index >= 15 is 0 Å². The van der Waals surface area contributed by atoms with Gasteiger partial charge in [-0.15, -0.1) is 11.3 Å². The molecule has 0 aliphatic carbocycles. The lowest BCUT2D eigenvalue weighted by Gasteiger charge is -2.35. The Hall–Kier alpha value is -3.81. The Morgan fingerprint density at radius 1 is 1.08 bits per heavy atom. The zero-order valence-electron chi connectivity index (χ0n) is 22.3. The molecule has 3 N–H and O–H groups in total. The maximum Gasteiger partial charge on any atom is 0.253 e. The average molecular weight is 540 g/mol. The van der Waals surface area contributed by atoms with Gasteiger partial charge in [0, 0.05) is 40.8 Å². The number of aromatic nitrogens is 1. The van der Waals surface area contributed by atoms with E-state index in [-0.39, 0.29) is 11.7 Å². The third-order valence-electron chi connectivity index (χ3n) is 7.33. The number of hydrogen-bond donors (Lipinski definition) is 2. The van der Waals surface area contributed by atoms with Gasteiger partial charge in [0.15, 0.2) is 5.78 Å². The number of thiophene rings is 1. The molecule has 0 spiro atoms. The highest BCUT2D eigenvalue weighted by molar-refractivity contribution is 7.19. The van der Waals surface area contributed by atoms with Crippen LogP contribution in [0.3, 0.4) is 0 Å². The van der Waals surface area contributed by atoms with E-state index in [0.717, 1.165) is 16.7 Å². The topological polar surface area (TPSA) is 96.5 Å². The normalized spacial score (nSPS) is 15.2. The number of piperidine rings is 1. The van der Waals surface area contributed by atoms with Crippen molar-refractivity contribution in [3.63, 3.8) is 0 Å². The van der Waals surface area contributed by atoms with Crippen molar-refractivity contribution in [3.05, 3.63) is 88.4 Å². The van der Waals surface area contributed by atoms with Gasteiger partial charge >= 0.3 is 0 Å². The summed E-state index contributed by atoms with van der Waals surface area (Å²) in [4.78, 5) is 32.4. The van der Waals surface area contributed by atoms with Gasteiger partial charge in [-0.3, -0.25) is 9.59 Å². The number of fused-ring (bicyclic) bond motifs is 1. The number of aliphatic hydroxyl groups is 1. The summed E-state index contributed by atoms with van der Waals surface area (Å²) in [5.74, 6) is 0.547. The third kappa shape index (κ3) is 6.44. The number of ketones is 1. The van der Waals surface area contributed by atoms with E-state index < -0.39 is 5.60 Å². The predicted molar refractivity (Wildman–Crippen MR) is 159 cm³/mol. The van der Waals surface area contributed by atoms with Crippen LogP contribution in [0.1, 0.15) is 52.5 Å². The van der Waals surface area contributed by atoms with Crippen LogP contribution in [-0.2, 0) is 11.2 Å². The van der Waals surface area contributed by atoms with E-state index in [0.29, 0.717) is 50.2 Å². The number of pyridine rings is 1. The van der Waals surface area contributed by atoms with E-state index in [1.807, 2.05) is 42.2 Å². The summed E-state index contributed by atoms with van der Waals surface area (Å²) in [5, 5.41) is 11.3. The van der Waals surface area contributed by atoms with E-state index in [4.69, 9.17) is 5.73 Å². The van der Waals surface area contributed by atoms with Crippen LogP contribution in [0.4, 0.5) is 5.82 Å². The molecule has 4 aromatic rings. The molecule has 1 aliphatic rings. The number of hydrogen-bond acceptors (Lipinski definition) is 6. The Morgan fingerprint density at radius 2 is 1.82 bits per heavy atom. The maximum atomic E-state index is 12.9. The monoisotopic (exact) mass is 539 g/mol. The lowest BCUT2D eigenvalue weighted by Crippen LogP contribution is -2.45. The molecule has 3 heterocycles. The van der Waals surface area contributed by atoms with Crippen LogP contribution >= 0.6 is 11.3 Å². The van der Waals surface area contributed by atoms with Crippen LogP contribution in [0, 0.1) is 6.92 Å². The van der Waals surface area contributed by atoms with Crippen LogP contribution in [0.2, 0.25) is 0 Å². The highest BCUT2D eigenvalue weighted by Gasteiger charge is 2.29. The summed E-state index contributed by atoms with van der Waals surface area (Å²) in [6.07, 6.45) is 7.37. The molecule has 0 saturated carbocycles. The Kier molecular flexibility index (Phi) is 7.64. The molecule has 39 heavy (non-hydrogen) atoms. The number of nitrogens with zero attached hydrogens (tertiary/aromatic N) is 2. The van der Waals surface area contributed by atoms with Gasteiger partial charge in [0.1, 0.15) is 5.82 Å². The smallest absolute Gasteiger partial charge is 0.253 e. The highest BCUT2D eigenvalue weighted by Crippen LogP contribution is 2.34. The van der Waals surface area contributed by atoms with Gasteiger partial charge in [-0.2, -0.15) is 0 Å². The highest BCUT2D eigenvalue weighted by atomic mass is 32.1. The lowest BCUT2D eigenvalue weighted by molar-refractivity contribution is -0.114. The molecular formula is C32H33N3O3S. The molecule has 7 heteroatoms. The zero-order chi connectivity index (χ0) is 27.6. The van der Waals surface area contributed by atoms with Crippen LogP contribution in [0.15, 0.2) is 66.9 Å². The van der Waals surface area contributed by atoms with Crippen molar-refractivity contribution in [2.24, 2.45) is 0 Å². The van der Waals surface area contributed by atoms with Crippen molar-refractivity contribution in [1.29, 1.82) is 0 Å². The molecule has 0 bridgehead atoms. The van der Waals surface area contributed by atoms with Crippen molar-refractivity contribution in [2.75, 3.05) is 18.8 Å². The number of likely N-dealkylation sites (tertiary alicyclic amines) is 1. The van der Waals surface area contributed by atoms with Crippen molar-refractivity contribution >= 4 is 45.0 Å². The Morgan fingerprint density at radius 3 is 2.51 bits per heavy atom. The van der Waals surface area contributed by atoms with Gasteiger partial charge in [0.25, 0.3) is 5.91 Å². The van der Waals surface area contributed by atoms with Crippen molar-refractivity contribution in [3.8, 4) is 11.1 Å². The number of anilines is 1. The molecule has 1 saturated heterocycles. The average Bonchev–Trinajstić information content (AvgIpc) is 3.35. The van der Waals surface area contributed by atoms with Crippen LogP contribution < -0.4 is 5.73 Å². The minimum absolute atomic E-state index is 0.0145. The van der Waals surface area contributed by atoms with Gasteiger partial charge in [0.05, 0.1) is 5.60 Å². The molecule has 1 amide bonds. The summed E-state index contributed by atoms with van der Waals surface area (Å²) >= 11 is 1.74. The van der Waals surface area contributed by atoms with Crippen molar-refractivity contribution in [2.45, 2.75) is 45.1 Å². The first kappa shape index (κ1) is 26.8.